The summed E-state index contributed by atoms with van der Waals surface area (Å²) in [4.78, 5) is 0. The zero-order valence-electron chi connectivity index (χ0n) is 8.73. The van der Waals surface area contributed by atoms with E-state index in [4.69, 9.17) is 4.74 Å². The zero-order chi connectivity index (χ0) is 9.97. The maximum atomic E-state index is 5.49. The Labute approximate surface area is 84.3 Å². The largest absolute Gasteiger partial charge is 0.378 e. The van der Waals surface area contributed by atoms with Crippen LogP contribution in [0.3, 0.4) is 0 Å². The van der Waals surface area contributed by atoms with Crippen molar-refractivity contribution in [2.45, 2.75) is 31.9 Å². The molecule has 0 spiro atoms. The molecular weight excluding hydrogens is 178 g/mol. The minimum absolute atomic E-state index is 0.366. The molecule has 78 valence electrons. The smallest absolute Gasteiger partial charge is 0.148 e. The van der Waals surface area contributed by atoms with Crippen LogP contribution >= 0.6 is 0 Å². The molecule has 1 saturated heterocycles. The Morgan fingerprint density at radius 3 is 3.14 bits per heavy atom. The number of hydrogen-bond acceptors (Lipinski definition) is 3. The van der Waals surface area contributed by atoms with Crippen LogP contribution in [0, 0.1) is 0 Å². The van der Waals surface area contributed by atoms with E-state index >= 15 is 0 Å². The first-order chi connectivity index (χ1) is 6.74. The molecule has 0 amide bonds. The summed E-state index contributed by atoms with van der Waals surface area (Å²) in [6.45, 7) is 2.97. The third-order valence-electron chi connectivity index (χ3n) is 2.55. The fourth-order valence-corrected chi connectivity index (χ4v) is 1.83. The molecule has 0 bridgehead atoms. The molecule has 0 aromatic carbocycles. The lowest BCUT2D eigenvalue weighted by Crippen LogP contribution is -2.32. The van der Waals surface area contributed by atoms with Crippen molar-refractivity contribution in [3.63, 3.8) is 0 Å². The number of nitrogens with one attached hydrogen (secondary N) is 1. The van der Waals surface area contributed by atoms with Crippen molar-refractivity contribution in [3.8, 4) is 0 Å². The fourth-order valence-electron chi connectivity index (χ4n) is 1.83. The van der Waals surface area contributed by atoms with Gasteiger partial charge in [-0.05, 0) is 19.8 Å². The Balaban J connectivity index is 1.90. The van der Waals surface area contributed by atoms with Crippen LogP contribution in [0.2, 0.25) is 0 Å². The van der Waals surface area contributed by atoms with E-state index < -0.39 is 0 Å². The maximum absolute atomic E-state index is 5.49. The minimum Gasteiger partial charge on any atom is -0.378 e. The Morgan fingerprint density at radius 1 is 1.64 bits per heavy atom. The van der Waals surface area contributed by atoms with E-state index in [2.05, 4.69) is 17.3 Å². The van der Waals surface area contributed by atoms with E-state index in [0.29, 0.717) is 12.1 Å². The SMILES string of the molecule is CC1CC(Nc2ccn(C)n2)CCO1. The third-order valence-corrected chi connectivity index (χ3v) is 2.55. The van der Waals surface area contributed by atoms with Gasteiger partial charge in [-0.3, -0.25) is 4.68 Å². The summed E-state index contributed by atoms with van der Waals surface area (Å²) in [5.41, 5.74) is 0. The number of anilines is 1. The first-order valence-electron chi connectivity index (χ1n) is 5.12. The average molecular weight is 195 g/mol. The minimum atomic E-state index is 0.366. The molecular formula is C10H17N3O. The fraction of sp³-hybridized carbons (Fsp3) is 0.700. The number of nitrogens with zero attached hydrogens (tertiary/aromatic N) is 2. The quantitative estimate of drug-likeness (QED) is 0.775. The van der Waals surface area contributed by atoms with Gasteiger partial charge in [-0.2, -0.15) is 5.10 Å². The normalized spacial score (nSPS) is 27.6. The van der Waals surface area contributed by atoms with Crippen molar-refractivity contribution in [2.75, 3.05) is 11.9 Å². The van der Waals surface area contributed by atoms with Crippen molar-refractivity contribution >= 4 is 5.82 Å². The second-order valence-corrected chi connectivity index (χ2v) is 3.92. The van der Waals surface area contributed by atoms with Crippen molar-refractivity contribution in [1.82, 2.24) is 9.78 Å². The van der Waals surface area contributed by atoms with Gasteiger partial charge >= 0.3 is 0 Å². The van der Waals surface area contributed by atoms with E-state index in [1.165, 1.54) is 0 Å². The molecule has 1 aliphatic rings. The van der Waals surface area contributed by atoms with Crippen molar-refractivity contribution in [2.24, 2.45) is 7.05 Å². The highest BCUT2D eigenvalue weighted by Crippen LogP contribution is 2.17. The first-order valence-corrected chi connectivity index (χ1v) is 5.12. The van der Waals surface area contributed by atoms with Crippen LogP contribution in [0.4, 0.5) is 5.82 Å². The highest BCUT2D eigenvalue weighted by Gasteiger charge is 2.19. The molecule has 14 heavy (non-hydrogen) atoms. The lowest BCUT2D eigenvalue weighted by molar-refractivity contribution is 0.0232. The summed E-state index contributed by atoms with van der Waals surface area (Å²) in [6.07, 6.45) is 4.45. The van der Waals surface area contributed by atoms with Gasteiger partial charge in [0.15, 0.2) is 0 Å². The molecule has 4 nitrogen and oxygen atoms in total. The van der Waals surface area contributed by atoms with Crippen LogP contribution in [0.15, 0.2) is 12.3 Å². The molecule has 1 N–H and O–H groups in total. The molecule has 1 aromatic rings. The van der Waals surface area contributed by atoms with Crippen molar-refractivity contribution < 1.29 is 4.74 Å². The topological polar surface area (TPSA) is 39.1 Å². The summed E-state index contributed by atoms with van der Waals surface area (Å²) in [6, 6.07) is 2.51. The molecule has 2 unspecified atom stereocenters. The van der Waals surface area contributed by atoms with Gasteiger partial charge < -0.3 is 10.1 Å². The molecule has 2 rings (SSSR count). The number of aryl methyl sites for hydroxylation is 1. The van der Waals surface area contributed by atoms with Gasteiger partial charge in [-0.15, -0.1) is 0 Å². The second-order valence-electron chi connectivity index (χ2n) is 3.92. The van der Waals surface area contributed by atoms with E-state index in [0.717, 1.165) is 25.3 Å². The van der Waals surface area contributed by atoms with E-state index in [-0.39, 0.29) is 0 Å². The van der Waals surface area contributed by atoms with Crippen LogP contribution in [0.1, 0.15) is 19.8 Å². The molecule has 2 heterocycles. The predicted octanol–water partition coefficient (Wildman–Crippen LogP) is 1.40. The molecule has 0 saturated carbocycles. The first kappa shape index (κ1) is 9.52. The Bertz CT molecular complexity index is 297. The molecule has 0 radical (unpaired) electrons. The maximum Gasteiger partial charge on any atom is 0.148 e. The monoisotopic (exact) mass is 195 g/mol. The van der Waals surface area contributed by atoms with Gasteiger partial charge in [0.25, 0.3) is 0 Å². The van der Waals surface area contributed by atoms with Crippen molar-refractivity contribution in [1.29, 1.82) is 0 Å². The Morgan fingerprint density at radius 2 is 2.50 bits per heavy atom. The van der Waals surface area contributed by atoms with E-state index in [9.17, 15) is 0 Å². The lowest BCUT2D eigenvalue weighted by Gasteiger charge is -2.27. The van der Waals surface area contributed by atoms with Gasteiger partial charge in [-0.1, -0.05) is 0 Å². The molecule has 1 aliphatic heterocycles. The highest BCUT2D eigenvalue weighted by atomic mass is 16.5. The summed E-state index contributed by atoms with van der Waals surface area (Å²) in [5.74, 6) is 0.964. The molecule has 1 aromatic heterocycles. The van der Waals surface area contributed by atoms with Gasteiger partial charge in [0.1, 0.15) is 5.82 Å². The zero-order valence-corrected chi connectivity index (χ0v) is 8.73. The average Bonchev–Trinajstić information content (AvgIpc) is 2.51. The highest BCUT2D eigenvalue weighted by molar-refractivity contribution is 5.33. The standard InChI is InChI=1S/C10H17N3O/c1-8-7-9(4-6-14-8)11-10-3-5-13(2)12-10/h3,5,8-9H,4,6-7H2,1-2H3,(H,11,12). The van der Waals surface area contributed by atoms with Crippen LogP contribution in [-0.2, 0) is 11.8 Å². The van der Waals surface area contributed by atoms with Gasteiger partial charge in [0.2, 0.25) is 0 Å². The second kappa shape index (κ2) is 4.00. The summed E-state index contributed by atoms with van der Waals surface area (Å²) < 4.78 is 7.30. The molecule has 0 aliphatic carbocycles. The van der Waals surface area contributed by atoms with Crippen LogP contribution in [0.5, 0.6) is 0 Å². The molecule has 2 atom stereocenters. The van der Waals surface area contributed by atoms with Crippen molar-refractivity contribution in [3.05, 3.63) is 12.3 Å². The van der Waals surface area contributed by atoms with E-state index in [1.807, 2.05) is 24.0 Å². The van der Waals surface area contributed by atoms with Crippen LogP contribution < -0.4 is 5.32 Å². The Kier molecular flexibility index (Phi) is 2.72. The predicted molar refractivity (Wildman–Crippen MR) is 55.3 cm³/mol. The number of aromatic nitrogens is 2. The summed E-state index contributed by atoms with van der Waals surface area (Å²) in [7, 11) is 1.93. The third kappa shape index (κ3) is 2.26. The van der Waals surface area contributed by atoms with E-state index in [1.54, 1.807) is 0 Å². The number of hydrogen-bond donors (Lipinski definition) is 1. The van der Waals surface area contributed by atoms with Gasteiger partial charge in [0, 0.05) is 32.0 Å². The molecule has 4 heteroatoms. The summed E-state index contributed by atoms with van der Waals surface area (Å²) >= 11 is 0. The summed E-state index contributed by atoms with van der Waals surface area (Å²) in [5, 5.41) is 7.71. The Hall–Kier alpha value is -1.03. The van der Waals surface area contributed by atoms with Crippen LogP contribution in [-0.4, -0.2) is 28.5 Å². The van der Waals surface area contributed by atoms with Gasteiger partial charge in [0.05, 0.1) is 6.10 Å². The van der Waals surface area contributed by atoms with Gasteiger partial charge in [-0.25, -0.2) is 0 Å². The van der Waals surface area contributed by atoms with Crippen LogP contribution in [0.25, 0.3) is 0 Å². The number of rotatable bonds is 2. The molecule has 1 fully saturated rings. The number of ether oxygens (including phenoxy) is 1. The lowest BCUT2D eigenvalue weighted by atomic mass is 10.0.